The standard InChI is InChI=1S/C11H21FN2OS/c12-9-3-1-8(2-4-9)11(13)10(7-15)14-5-6-16/h1,3,8-11,14-16H,2,4-7,13H2. The van der Waals surface area contributed by atoms with E-state index in [0.717, 1.165) is 6.42 Å². The first-order chi connectivity index (χ1) is 7.69. The van der Waals surface area contributed by atoms with Gasteiger partial charge in [-0.25, -0.2) is 4.39 Å². The van der Waals surface area contributed by atoms with Crippen LogP contribution in [0.3, 0.4) is 0 Å². The number of nitrogens with two attached hydrogens (primary N) is 1. The maximum atomic E-state index is 12.9. The Hall–Kier alpha value is -0.100. The first kappa shape index (κ1) is 14.0. The van der Waals surface area contributed by atoms with Crippen LogP contribution in [0.5, 0.6) is 0 Å². The summed E-state index contributed by atoms with van der Waals surface area (Å²) in [4.78, 5) is 0. The summed E-state index contributed by atoms with van der Waals surface area (Å²) in [5.41, 5.74) is 6.07. The maximum Gasteiger partial charge on any atom is 0.118 e. The third-order valence-electron chi connectivity index (χ3n) is 3.02. The van der Waals surface area contributed by atoms with Crippen molar-refractivity contribution in [3.05, 3.63) is 12.2 Å². The van der Waals surface area contributed by atoms with Gasteiger partial charge in [-0.3, -0.25) is 0 Å². The minimum absolute atomic E-state index is 0.00165. The van der Waals surface area contributed by atoms with Crippen molar-refractivity contribution in [3.8, 4) is 0 Å². The summed E-state index contributed by atoms with van der Waals surface area (Å²) in [6.07, 6.45) is 3.85. The average molecular weight is 248 g/mol. The van der Waals surface area contributed by atoms with Gasteiger partial charge < -0.3 is 16.2 Å². The number of aliphatic hydroxyl groups is 1. The van der Waals surface area contributed by atoms with E-state index < -0.39 is 6.17 Å². The molecule has 0 bridgehead atoms. The van der Waals surface area contributed by atoms with Crippen LogP contribution in [0.15, 0.2) is 12.2 Å². The highest BCUT2D eigenvalue weighted by molar-refractivity contribution is 7.80. The molecule has 1 aliphatic carbocycles. The molecule has 0 aliphatic heterocycles. The molecule has 0 saturated heterocycles. The lowest BCUT2D eigenvalue weighted by atomic mass is 9.85. The summed E-state index contributed by atoms with van der Waals surface area (Å²) in [7, 11) is 0. The van der Waals surface area contributed by atoms with Crippen LogP contribution in [0.2, 0.25) is 0 Å². The van der Waals surface area contributed by atoms with Crippen LogP contribution in [0.1, 0.15) is 12.8 Å². The van der Waals surface area contributed by atoms with E-state index in [1.807, 2.05) is 6.08 Å². The first-order valence-electron chi connectivity index (χ1n) is 5.72. The fourth-order valence-corrected chi connectivity index (χ4v) is 2.13. The number of alkyl halides is 1. The van der Waals surface area contributed by atoms with E-state index in [9.17, 15) is 9.50 Å². The number of nitrogens with one attached hydrogen (secondary N) is 1. The number of rotatable bonds is 6. The van der Waals surface area contributed by atoms with Gasteiger partial charge in [0.1, 0.15) is 6.17 Å². The molecule has 0 heterocycles. The molecule has 1 rings (SSSR count). The molecular weight excluding hydrogens is 227 g/mol. The Morgan fingerprint density at radius 2 is 2.25 bits per heavy atom. The second kappa shape index (κ2) is 7.27. The Labute approximate surface area is 102 Å². The molecule has 0 aromatic rings. The van der Waals surface area contributed by atoms with Gasteiger partial charge in [-0.05, 0) is 18.8 Å². The lowest BCUT2D eigenvalue weighted by Gasteiger charge is -2.30. The Bertz CT molecular complexity index is 228. The van der Waals surface area contributed by atoms with Gasteiger partial charge in [0, 0.05) is 24.4 Å². The van der Waals surface area contributed by atoms with Crippen molar-refractivity contribution in [1.82, 2.24) is 5.32 Å². The first-order valence-corrected chi connectivity index (χ1v) is 6.35. The van der Waals surface area contributed by atoms with Gasteiger partial charge in [-0.2, -0.15) is 12.6 Å². The zero-order chi connectivity index (χ0) is 12.0. The Morgan fingerprint density at radius 3 is 2.75 bits per heavy atom. The van der Waals surface area contributed by atoms with Gasteiger partial charge in [0.25, 0.3) is 0 Å². The number of halogens is 1. The van der Waals surface area contributed by atoms with Crippen molar-refractivity contribution in [2.75, 3.05) is 18.9 Å². The molecule has 4 atom stereocenters. The Kier molecular flexibility index (Phi) is 6.34. The van der Waals surface area contributed by atoms with Crippen molar-refractivity contribution >= 4 is 12.6 Å². The lowest BCUT2D eigenvalue weighted by Crippen LogP contribution is -2.52. The molecule has 94 valence electrons. The predicted octanol–water partition coefficient (Wildman–Crippen LogP) is 0.498. The summed E-state index contributed by atoms with van der Waals surface area (Å²) in [5, 5.41) is 12.4. The topological polar surface area (TPSA) is 58.3 Å². The molecule has 0 saturated carbocycles. The van der Waals surface area contributed by atoms with Crippen molar-refractivity contribution in [2.45, 2.75) is 31.1 Å². The second-order valence-corrected chi connectivity index (χ2v) is 4.63. The van der Waals surface area contributed by atoms with Gasteiger partial charge in [0.15, 0.2) is 0 Å². The molecule has 5 heteroatoms. The summed E-state index contributed by atoms with van der Waals surface area (Å²) in [5.74, 6) is 0.854. The molecule has 4 N–H and O–H groups in total. The van der Waals surface area contributed by atoms with E-state index in [0.29, 0.717) is 18.7 Å². The fourth-order valence-electron chi connectivity index (χ4n) is 2.00. The van der Waals surface area contributed by atoms with Crippen LogP contribution in [-0.2, 0) is 0 Å². The minimum atomic E-state index is -0.832. The van der Waals surface area contributed by atoms with Gasteiger partial charge in [0.2, 0.25) is 0 Å². The molecule has 0 aromatic heterocycles. The van der Waals surface area contributed by atoms with Crippen LogP contribution in [-0.4, -0.2) is 42.3 Å². The quantitative estimate of drug-likeness (QED) is 0.409. The van der Waals surface area contributed by atoms with E-state index >= 15 is 0 Å². The highest BCUT2D eigenvalue weighted by Gasteiger charge is 2.26. The molecule has 0 fully saturated rings. The van der Waals surface area contributed by atoms with E-state index in [-0.39, 0.29) is 24.6 Å². The van der Waals surface area contributed by atoms with E-state index in [4.69, 9.17) is 5.73 Å². The number of hydrogen-bond donors (Lipinski definition) is 4. The number of allylic oxidation sites excluding steroid dienone is 1. The number of aliphatic hydroxyl groups excluding tert-OH is 1. The van der Waals surface area contributed by atoms with Crippen LogP contribution in [0, 0.1) is 5.92 Å². The minimum Gasteiger partial charge on any atom is -0.395 e. The summed E-state index contributed by atoms with van der Waals surface area (Å²) < 4.78 is 12.9. The molecule has 0 aromatic carbocycles. The van der Waals surface area contributed by atoms with Gasteiger partial charge in [0.05, 0.1) is 6.61 Å². The number of thiol groups is 1. The highest BCUT2D eigenvalue weighted by Crippen LogP contribution is 2.23. The van der Waals surface area contributed by atoms with Crippen LogP contribution in [0.25, 0.3) is 0 Å². The normalized spacial score (nSPS) is 29.0. The van der Waals surface area contributed by atoms with E-state index in [2.05, 4.69) is 17.9 Å². The number of hydrogen-bond acceptors (Lipinski definition) is 4. The van der Waals surface area contributed by atoms with Crippen molar-refractivity contribution in [3.63, 3.8) is 0 Å². The van der Waals surface area contributed by atoms with Crippen LogP contribution in [0.4, 0.5) is 4.39 Å². The third-order valence-corrected chi connectivity index (χ3v) is 3.24. The van der Waals surface area contributed by atoms with Crippen molar-refractivity contribution < 1.29 is 9.50 Å². The van der Waals surface area contributed by atoms with Crippen LogP contribution < -0.4 is 11.1 Å². The molecule has 1 aliphatic rings. The SMILES string of the molecule is NC(C1C=CC(F)CC1)C(CO)NCCS. The molecule has 3 nitrogen and oxygen atoms in total. The predicted molar refractivity (Wildman–Crippen MR) is 67.5 cm³/mol. The average Bonchev–Trinajstić information content (AvgIpc) is 2.30. The second-order valence-electron chi connectivity index (χ2n) is 4.19. The zero-order valence-corrected chi connectivity index (χ0v) is 10.2. The van der Waals surface area contributed by atoms with Crippen LogP contribution >= 0.6 is 12.6 Å². The third kappa shape index (κ3) is 4.05. The summed E-state index contributed by atoms with van der Waals surface area (Å²) in [6, 6.07) is -0.313. The van der Waals surface area contributed by atoms with Gasteiger partial charge in [-0.1, -0.05) is 12.2 Å². The Balaban J connectivity index is 2.47. The maximum absolute atomic E-state index is 12.9. The summed E-state index contributed by atoms with van der Waals surface area (Å²) in [6.45, 7) is 0.711. The summed E-state index contributed by atoms with van der Waals surface area (Å²) >= 11 is 4.09. The molecule has 16 heavy (non-hydrogen) atoms. The smallest absolute Gasteiger partial charge is 0.118 e. The molecule has 0 spiro atoms. The molecule has 0 radical (unpaired) electrons. The molecular formula is C11H21FN2OS. The fraction of sp³-hybridized carbons (Fsp3) is 0.818. The van der Waals surface area contributed by atoms with Gasteiger partial charge >= 0.3 is 0 Å². The lowest BCUT2D eigenvalue weighted by molar-refractivity contribution is 0.201. The van der Waals surface area contributed by atoms with Gasteiger partial charge in [-0.15, -0.1) is 0 Å². The molecule has 4 unspecified atom stereocenters. The largest absolute Gasteiger partial charge is 0.395 e. The van der Waals surface area contributed by atoms with Crippen molar-refractivity contribution in [2.24, 2.45) is 11.7 Å². The van der Waals surface area contributed by atoms with E-state index in [1.165, 1.54) is 0 Å². The highest BCUT2D eigenvalue weighted by atomic mass is 32.1. The van der Waals surface area contributed by atoms with E-state index in [1.54, 1.807) is 6.08 Å². The van der Waals surface area contributed by atoms with Crippen molar-refractivity contribution in [1.29, 1.82) is 0 Å². The Morgan fingerprint density at radius 1 is 1.50 bits per heavy atom. The zero-order valence-electron chi connectivity index (χ0n) is 9.35. The monoisotopic (exact) mass is 248 g/mol. The molecule has 0 amide bonds.